The molecule has 0 unspecified atom stereocenters. The molecular weight excluding hydrogens is 212 g/mol. The second kappa shape index (κ2) is 7.17. The van der Waals surface area contributed by atoms with Gasteiger partial charge in [-0.25, -0.2) is 8.78 Å². The molecule has 0 bridgehead atoms. The second-order valence-corrected chi connectivity index (χ2v) is 3.69. The maximum absolute atomic E-state index is 13.1. The molecule has 0 heterocycles. The van der Waals surface area contributed by atoms with Crippen LogP contribution in [0.2, 0.25) is 0 Å². The molecule has 0 aliphatic carbocycles. The van der Waals surface area contributed by atoms with Gasteiger partial charge in [-0.1, -0.05) is 12.8 Å². The Hall–Kier alpha value is -1.16. The van der Waals surface area contributed by atoms with Crippen LogP contribution in [0.3, 0.4) is 0 Å². The number of rotatable bonds is 7. The van der Waals surface area contributed by atoms with E-state index in [4.69, 9.17) is 5.11 Å². The number of aliphatic hydroxyl groups excluding tert-OH is 1. The minimum absolute atomic E-state index is 0.210. The zero-order valence-electron chi connectivity index (χ0n) is 9.18. The highest BCUT2D eigenvalue weighted by molar-refractivity contribution is 5.44. The maximum Gasteiger partial charge on any atom is 0.146 e. The Morgan fingerprint density at radius 1 is 1.06 bits per heavy atom. The van der Waals surface area contributed by atoms with Crippen molar-refractivity contribution in [2.45, 2.75) is 25.7 Å². The molecule has 4 heteroatoms. The van der Waals surface area contributed by atoms with E-state index in [2.05, 4.69) is 5.32 Å². The average molecular weight is 229 g/mol. The highest BCUT2D eigenvalue weighted by Crippen LogP contribution is 2.15. The number of aliphatic hydroxyl groups is 1. The standard InChI is InChI=1S/C12H17F2NO/c13-10-5-6-11(14)12(9-10)15-7-3-1-2-4-8-16/h5-6,9,15-16H,1-4,7-8H2. The summed E-state index contributed by atoms with van der Waals surface area (Å²) in [6, 6.07) is 3.37. The molecule has 1 aromatic rings. The summed E-state index contributed by atoms with van der Waals surface area (Å²) in [7, 11) is 0. The third-order valence-electron chi connectivity index (χ3n) is 2.33. The monoisotopic (exact) mass is 229 g/mol. The number of hydrogen-bond acceptors (Lipinski definition) is 2. The largest absolute Gasteiger partial charge is 0.396 e. The van der Waals surface area contributed by atoms with Crippen LogP contribution in [0.4, 0.5) is 14.5 Å². The third kappa shape index (κ3) is 4.57. The lowest BCUT2D eigenvalue weighted by Gasteiger charge is -2.07. The van der Waals surface area contributed by atoms with Gasteiger partial charge >= 0.3 is 0 Å². The lowest BCUT2D eigenvalue weighted by atomic mass is 10.2. The van der Waals surface area contributed by atoms with Crippen LogP contribution in [0.1, 0.15) is 25.7 Å². The number of hydrogen-bond donors (Lipinski definition) is 2. The van der Waals surface area contributed by atoms with Gasteiger partial charge in [-0.05, 0) is 31.0 Å². The first-order valence-corrected chi connectivity index (χ1v) is 5.54. The van der Waals surface area contributed by atoms with E-state index in [-0.39, 0.29) is 12.3 Å². The number of benzene rings is 1. The zero-order valence-corrected chi connectivity index (χ0v) is 9.18. The number of anilines is 1. The lowest BCUT2D eigenvalue weighted by Crippen LogP contribution is -2.03. The molecule has 0 aliphatic heterocycles. The smallest absolute Gasteiger partial charge is 0.146 e. The Bertz CT molecular complexity index is 318. The average Bonchev–Trinajstić information content (AvgIpc) is 2.28. The van der Waals surface area contributed by atoms with Crippen molar-refractivity contribution >= 4 is 5.69 Å². The summed E-state index contributed by atoms with van der Waals surface area (Å²) in [6.07, 6.45) is 3.62. The lowest BCUT2D eigenvalue weighted by molar-refractivity contribution is 0.283. The first-order chi connectivity index (χ1) is 7.74. The molecule has 0 saturated carbocycles. The van der Waals surface area contributed by atoms with E-state index < -0.39 is 11.6 Å². The SMILES string of the molecule is OCCCCCCNc1cc(F)ccc1F. The van der Waals surface area contributed by atoms with E-state index in [9.17, 15) is 8.78 Å². The van der Waals surface area contributed by atoms with Crippen molar-refractivity contribution in [3.63, 3.8) is 0 Å². The van der Waals surface area contributed by atoms with E-state index >= 15 is 0 Å². The van der Waals surface area contributed by atoms with Crippen molar-refractivity contribution < 1.29 is 13.9 Å². The van der Waals surface area contributed by atoms with Crippen LogP contribution in [0, 0.1) is 11.6 Å². The van der Waals surface area contributed by atoms with Crippen molar-refractivity contribution in [3.05, 3.63) is 29.8 Å². The Labute approximate surface area is 94.3 Å². The Kier molecular flexibility index (Phi) is 5.78. The van der Waals surface area contributed by atoms with Gasteiger partial charge in [-0.2, -0.15) is 0 Å². The zero-order chi connectivity index (χ0) is 11.8. The van der Waals surface area contributed by atoms with Crippen molar-refractivity contribution in [1.82, 2.24) is 0 Å². The molecule has 0 aromatic heterocycles. The molecule has 0 saturated heterocycles. The van der Waals surface area contributed by atoms with Crippen LogP contribution in [-0.4, -0.2) is 18.3 Å². The molecule has 0 amide bonds. The molecule has 0 spiro atoms. The predicted octanol–water partition coefficient (Wildman–Crippen LogP) is 2.93. The van der Waals surface area contributed by atoms with Gasteiger partial charge in [-0.3, -0.25) is 0 Å². The van der Waals surface area contributed by atoms with E-state index in [1.807, 2.05) is 0 Å². The summed E-state index contributed by atoms with van der Waals surface area (Å²) in [4.78, 5) is 0. The van der Waals surface area contributed by atoms with Gasteiger partial charge in [0.25, 0.3) is 0 Å². The molecule has 0 atom stereocenters. The fourth-order valence-electron chi connectivity index (χ4n) is 1.45. The van der Waals surface area contributed by atoms with Crippen molar-refractivity contribution in [2.75, 3.05) is 18.5 Å². The molecule has 90 valence electrons. The molecular formula is C12H17F2NO. The number of unbranched alkanes of at least 4 members (excludes halogenated alkanes) is 3. The van der Waals surface area contributed by atoms with Crippen LogP contribution < -0.4 is 5.32 Å². The van der Waals surface area contributed by atoms with Gasteiger partial charge in [0.15, 0.2) is 0 Å². The highest BCUT2D eigenvalue weighted by atomic mass is 19.1. The van der Waals surface area contributed by atoms with Gasteiger partial charge in [0.1, 0.15) is 11.6 Å². The molecule has 0 radical (unpaired) electrons. The quantitative estimate of drug-likeness (QED) is 0.704. The molecule has 2 N–H and O–H groups in total. The number of nitrogens with one attached hydrogen (secondary N) is 1. The minimum Gasteiger partial charge on any atom is -0.396 e. The van der Waals surface area contributed by atoms with Crippen molar-refractivity contribution in [1.29, 1.82) is 0 Å². The third-order valence-corrected chi connectivity index (χ3v) is 2.33. The topological polar surface area (TPSA) is 32.3 Å². The van der Waals surface area contributed by atoms with Gasteiger partial charge < -0.3 is 10.4 Å². The first kappa shape index (κ1) is 12.9. The van der Waals surface area contributed by atoms with Crippen molar-refractivity contribution in [2.24, 2.45) is 0 Å². The normalized spacial score (nSPS) is 10.4. The second-order valence-electron chi connectivity index (χ2n) is 3.69. The number of halogens is 2. The van der Waals surface area contributed by atoms with Crippen LogP contribution in [0.25, 0.3) is 0 Å². The predicted molar refractivity (Wildman–Crippen MR) is 60.4 cm³/mol. The molecule has 2 nitrogen and oxygen atoms in total. The molecule has 0 aliphatic rings. The summed E-state index contributed by atoms with van der Waals surface area (Å²) in [5.41, 5.74) is 0.210. The fourth-order valence-corrected chi connectivity index (χ4v) is 1.45. The van der Waals surface area contributed by atoms with Crippen molar-refractivity contribution in [3.8, 4) is 0 Å². The minimum atomic E-state index is -0.441. The van der Waals surface area contributed by atoms with E-state index in [0.717, 1.165) is 43.9 Å². The summed E-state index contributed by atoms with van der Waals surface area (Å²) >= 11 is 0. The summed E-state index contributed by atoms with van der Waals surface area (Å²) in [5, 5.41) is 11.4. The molecule has 1 aromatic carbocycles. The van der Waals surface area contributed by atoms with Gasteiger partial charge in [0.2, 0.25) is 0 Å². The van der Waals surface area contributed by atoms with E-state index in [1.165, 1.54) is 0 Å². The van der Waals surface area contributed by atoms with E-state index in [1.54, 1.807) is 0 Å². The van der Waals surface area contributed by atoms with Gasteiger partial charge in [0, 0.05) is 13.2 Å². The first-order valence-electron chi connectivity index (χ1n) is 5.54. The van der Waals surface area contributed by atoms with Crippen LogP contribution >= 0.6 is 0 Å². The molecule has 16 heavy (non-hydrogen) atoms. The fraction of sp³-hybridized carbons (Fsp3) is 0.500. The van der Waals surface area contributed by atoms with Crippen LogP contribution in [0.5, 0.6) is 0 Å². The summed E-state index contributed by atoms with van der Waals surface area (Å²) < 4.78 is 25.9. The Morgan fingerprint density at radius 3 is 2.56 bits per heavy atom. The Morgan fingerprint density at radius 2 is 1.81 bits per heavy atom. The summed E-state index contributed by atoms with van der Waals surface area (Å²) in [5.74, 6) is -0.874. The maximum atomic E-state index is 13.1. The van der Waals surface area contributed by atoms with Gasteiger partial charge in [-0.15, -0.1) is 0 Å². The Balaban J connectivity index is 2.23. The highest BCUT2D eigenvalue weighted by Gasteiger charge is 2.02. The molecule has 1 rings (SSSR count). The van der Waals surface area contributed by atoms with Crippen LogP contribution in [0.15, 0.2) is 18.2 Å². The van der Waals surface area contributed by atoms with Gasteiger partial charge in [0.05, 0.1) is 5.69 Å². The molecule has 0 fully saturated rings. The summed E-state index contributed by atoms with van der Waals surface area (Å²) in [6.45, 7) is 0.831. The van der Waals surface area contributed by atoms with E-state index in [0.29, 0.717) is 6.54 Å². The van der Waals surface area contributed by atoms with Crippen LogP contribution in [-0.2, 0) is 0 Å².